The Labute approximate surface area is 160 Å². The molecule has 4 rings (SSSR count). The molecule has 0 spiro atoms. The first-order valence-electron chi connectivity index (χ1n) is 8.41. The Kier molecular flexibility index (Phi) is 4.52. The maximum Gasteiger partial charge on any atom is 0.272 e. The minimum atomic E-state index is -0.204. The van der Waals surface area contributed by atoms with Gasteiger partial charge >= 0.3 is 0 Å². The van der Waals surface area contributed by atoms with Crippen LogP contribution in [0.1, 0.15) is 21.3 Å². The van der Waals surface area contributed by atoms with Crippen LogP contribution in [0.5, 0.6) is 0 Å². The summed E-state index contributed by atoms with van der Waals surface area (Å²) in [5.41, 5.74) is 4.69. The Balaban J connectivity index is 1.53. The van der Waals surface area contributed by atoms with Gasteiger partial charge in [0.15, 0.2) is 0 Å². The number of H-pyrrole nitrogens is 1. The summed E-state index contributed by atoms with van der Waals surface area (Å²) in [6.07, 6.45) is 3.52. The van der Waals surface area contributed by atoms with Gasteiger partial charge in [0, 0.05) is 34.6 Å². The summed E-state index contributed by atoms with van der Waals surface area (Å²) in [5, 5.41) is 5.90. The van der Waals surface area contributed by atoms with Gasteiger partial charge in [-0.05, 0) is 38.1 Å². The van der Waals surface area contributed by atoms with E-state index in [-0.39, 0.29) is 5.91 Å². The Morgan fingerprint density at radius 2 is 1.96 bits per heavy atom. The van der Waals surface area contributed by atoms with Crippen molar-refractivity contribution in [3.8, 4) is 22.5 Å². The van der Waals surface area contributed by atoms with Crippen molar-refractivity contribution in [3.63, 3.8) is 0 Å². The van der Waals surface area contributed by atoms with Crippen molar-refractivity contribution in [3.05, 3.63) is 70.7 Å². The normalized spacial score (nSPS) is 10.7. The number of hydrogen-bond donors (Lipinski definition) is 2. The lowest BCUT2D eigenvalue weighted by Crippen LogP contribution is -2.12. The van der Waals surface area contributed by atoms with E-state index in [4.69, 9.17) is 0 Å². The van der Waals surface area contributed by atoms with E-state index in [9.17, 15) is 4.79 Å². The lowest BCUT2D eigenvalue weighted by Gasteiger charge is -2.07. The van der Waals surface area contributed by atoms with Crippen molar-refractivity contribution in [2.24, 2.45) is 0 Å². The molecule has 4 aromatic rings. The number of nitrogens with one attached hydrogen (secondary N) is 2. The van der Waals surface area contributed by atoms with Gasteiger partial charge in [0.05, 0.1) is 16.4 Å². The Hall–Kier alpha value is -3.32. The number of amides is 1. The van der Waals surface area contributed by atoms with Crippen LogP contribution in [0.25, 0.3) is 22.5 Å². The second-order valence-corrected chi connectivity index (χ2v) is 7.14. The molecule has 27 heavy (non-hydrogen) atoms. The Bertz CT molecular complexity index is 1110. The molecular weight excluding hydrogens is 358 g/mol. The topological polar surface area (TPSA) is 83.6 Å². The van der Waals surface area contributed by atoms with E-state index in [0.29, 0.717) is 17.2 Å². The predicted molar refractivity (Wildman–Crippen MR) is 107 cm³/mol. The van der Waals surface area contributed by atoms with Crippen molar-refractivity contribution in [1.29, 1.82) is 0 Å². The fourth-order valence-corrected chi connectivity index (χ4v) is 3.36. The van der Waals surface area contributed by atoms with E-state index in [1.54, 1.807) is 23.7 Å². The number of rotatable bonds is 4. The largest absolute Gasteiger partial charge is 0.357 e. The Morgan fingerprint density at radius 1 is 1.07 bits per heavy atom. The van der Waals surface area contributed by atoms with Crippen LogP contribution in [0.4, 0.5) is 5.69 Å². The van der Waals surface area contributed by atoms with Crippen LogP contribution in [0, 0.1) is 13.8 Å². The maximum absolute atomic E-state index is 12.6. The molecule has 2 N–H and O–H groups in total. The maximum atomic E-state index is 12.6. The second-order valence-electron chi connectivity index (χ2n) is 6.08. The Morgan fingerprint density at radius 3 is 2.74 bits per heavy atom. The minimum Gasteiger partial charge on any atom is -0.357 e. The van der Waals surface area contributed by atoms with Gasteiger partial charge in [0.25, 0.3) is 5.91 Å². The summed E-state index contributed by atoms with van der Waals surface area (Å²) in [7, 11) is 0. The van der Waals surface area contributed by atoms with Crippen molar-refractivity contribution in [2.75, 3.05) is 5.32 Å². The lowest BCUT2D eigenvalue weighted by molar-refractivity contribution is 0.102. The van der Waals surface area contributed by atoms with E-state index < -0.39 is 0 Å². The summed E-state index contributed by atoms with van der Waals surface area (Å²) in [5.74, 6) is 0.502. The molecule has 6 nitrogen and oxygen atoms in total. The first kappa shape index (κ1) is 17.1. The van der Waals surface area contributed by atoms with Crippen molar-refractivity contribution >= 4 is 22.9 Å². The molecule has 0 radical (unpaired) electrons. The van der Waals surface area contributed by atoms with Crippen LogP contribution in [-0.2, 0) is 0 Å². The van der Waals surface area contributed by atoms with Gasteiger partial charge < -0.3 is 10.3 Å². The molecule has 0 saturated carbocycles. The number of benzene rings is 1. The molecule has 0 aliphatic heterocycles. The van der Waals surface area contributed by atoms with Crippen LogP contribution in [0.3, 0.4) is 0 Å². The molecule has 0 bridgehead atoms. The predicted octanol–water partition coefficient (Wildman–Crippen LogP) is 4.46. The summed E-state index contributed by atoms with van der Waals surface area (Å²) >= 11 is 1.58. The van der Waals surface area contributed by atoms with Crippen molar-refractivity contribution in [2.45, 2.75) is 13.8 Å². The monoisotopic (exact) mass is 375 g/mol. The second kappa shape index (κ2) is 7.13. The van der Waals surface area contributed by atoms with Crippen LogP contribution >= 0.6 is 11.3 Å². The van der Waals surface area contributed by atoms with E-state index in [1.165, 1.54) is 0 Å². The molecular formula is C20H17N5OS. The summed E-state index contributed by atoms with van der Waals surface area (Å²) in [4.78, 5) is 28.6. The lowest BCUT2D eigenvalue weighted by atomic mass is 10.1. The van der Waals surface area contributed by atoms with E-state index in [2.05, 4.69) is 25.3 Å². The molecule has 1 amide bonds. The standard InChI is InChI=1S/C20H17N5OS/c1-12-21-7-6-17(23-12)14-4-3-5-16(8-14)25-20(26)18-9-15(10-22-18)19-11-27-13(2)24-19/h3-11,22H,1-2H3,(H,25,26). The van der Waals surface area contributed by atoms with E-state index in [0.717, 1.165) is 27.5 Å². The zero-order valence-electron chi connectivity index (χ0n) is 14.9. The van der Waals surface area contributed by atoms with Gasteiger partial charge in [0.2, 0.25) is 0 Å². The fourth-order valence-electron chi connectivity index (χ4n) is 2.74. The molecule has 0 saturated heterocycles. The molecule has 0 atom stereocenters. The highest BCUT2D eigenvalue weighted by molar-refractivity contribution is 7.09. The van der Waals surface area contributed by atoms with E-state index in [1.807, 2.05) is 55.6 Å². The van der Waals surface area contributed by atoms with Gasteiger partial charge in [-0.2, -0.15) is 0 Å². The molecule has 3 aromatic heterocycles. The van der Waals surface area contributed by atoms with Crippen LogP contribution in [0.2, 0.25) is 0 Å². The fraction of sp³-hybridized carbons (Fsp3) is 0.100. The van der Waals surface area contributed by atoms with Crippen LogP contribution in [-0.4, -0.2) is 25.8 Å². The number of nitrogens with zero attached hydrogens (tertiary/aromatic N) is 3. The van der Waals surface area contributed by atoms with Gasteiger partial charge in [-0.3, -0.25) is 4.79 Å². The molecule has 1 aromatic carbocycles. The van der Waals surface area contributed by atoms with Gasteiger partial charge in [0.1, 0.15) is 11.5 Å². The van der Waals surface area contributed by atoms with Crippen molar-refractivity contribution < 1.29 is 4.79 Å². The number of carbonyl (C=O) groups excluding carboxylic acids is 1. The number of thiazole rings is 1. The van der Waals surface area contributed by atoms with Gasteiger partial charge in [-0.25, -0.2) is 15.0 Å². The zero-order chi connectivity index (χ0) is 18.8. The van der Waals surface area contributed by atoms with Gasteiger partial charge in [-0.15, -0.1) is 11.3 Å². The van der Waals surface area contributed by atoms with Gasteiger partial charge in [-0.1, -0.05) is 12.1 Å². The van der Waals surface area contributed by atoms with Crippen LogP contribution < -0.4 is 5.32 Å². The molecule has 3 heterocycles. The third-order valence-corrected chi connectivity index (χ3v) is 4.81. The number of anilines is 1. The molecule has 0 aliphatic rings. The summed E-state index contributed by atoms with van der Waals surface area (Å²) < 4.78 is 0. The molecule has 0 aliphatic carbocycles. The molecule has 0 fully saturated rings. The minimum absolute atomic E-state index is 0.204. The summed E-state index contributed by atoms with van der Waals surface area (Å²) in [6, 6.07) is 11.2. The third-order valence-electron chi connectivity index (χ3n) is 4.03. The highest BCUT2D eigenvalue weighted by atomic mass is 32.1. The molecule has 7 heteroatoms. The highest BCUT2D eigenvalue weighted by Gasteiger charge is 2.12. The number of aryl methyl sites for hydroxylation is 2. The first-order chi connectivity index (χ1) is 13.1. The number of carbonyl (C=O) groups is 1. The average molecular weight is 375 g/mol. The number of aromatic amines is 1. The molecule has 0 unspecified atom stereocenters. The third kappa shape index (κ3) is 3.78. The van der Waals surface area contributed by atoms with E-state index >= 15 is 0 Å². The summed E-state index contributed by atoms with van der Waals surface area (Å²) in [6.45, 7) is 3.81. The van der Waals surface area contributed by atoms with Crippen molar-refractivity contribution in [1.82, 2.24) is 19.9 Å². The number of hydrogen-bond acceptors (Lipinski definition) is 5. The highest BCUT2D eigenvalue weighted by Crippen LogP contribution is 2.24. The van der Waals surface area contributed by atoms with Crippen LogP contribution in [0.15, 0.2) is 54.2 Å². The SMILES string of the molecule is Cc1nccc(-c2cccc(NC(=O)c3cc(-c4csc(C)n4)c[nH]3)c2)n1. The number of aromatic nitrogens is 4. The average Bonchev–Trinajstić information content (AvgIpc) is 3.31. The molecule has 134 valence electrons. The smallest absolute Gasteiger partial charge is 0.272 e. The quantitative estimate of drug-likeness (QED) is 0.551. The zero-order valence-corrected chi connectivity index (χ0v) is 15.7. The first-order valence-corrected chi connectivity index (χ1v) is 9.29.